The molecule has 0 spiro atoms. The second kappa shape index (κ2) is 5.02. The van der Waals surface area contributed by atoms with Crippen molar-refractivity contribution < 1.29 is 0 Å². The molecule has 0 bridgehead atoms. The fourth-order valence-corrected chi connectivity index (χ4v) is 3.93. The van der Waals surface area contributed by atoms with Crippen LogP contribution in [-0.2, 0) is 6.42 Å². The van der Waals surface area contributed by atoms with Gasteiger partial charge in [0.05, 0.1) is 6.04 Å². The van der Waals surface area contributed by atoms with Crippen molar-refractivity contribution in [3.8, 4) is 0 Å². The van der Waals surface area contributed by atoms with E-state index in [1.165, 1.54) is 35.3 Å². The van der Waals surface area contributed by atoms with E-state index in [1.807, 2.05) is 17.5 Å². The molecule has 2 nitrogen and oxygen atoms in total. The van der Waals surface area contributed by atoms with Gasteiger partial charge in [-0.2, -0.15) is 0 Å². The van der Waals surface area contributed by atoms with Crippen LogP contribution < -0.4 is 5.32 Å². The van der Waals surface area contributed by atoms with Crippen LogP contribution in [0.25, 0.3) is 0 Å². The number of anilines is 1. The van der Waals surface area contributed by atoms with Crippen molar-refractivity contribution in [1.82, 2.24) is 4.98 Å². The fourth-order valence-electron chi connectivity index (χ4n) is 2.49. The van der Waals surface area contributed by atoms with Crippen LogP contribution in [-0.4, -0.2) is 4.98 Å². The third-order valence-electron chi connectivity index (χ3n) is 3.41. The number of pyridine rings is 1. The van der Waals surface area contributed by atoms with Crippen molar-refractivity contribution in [2.45, 2.75) is 32.2 Å². The lowest BCUT2D eigenvalue weighted by Gasteiger charge is -2.24. The summed E-state index contributed by atoms with van der Waals surface area (Å²) in [4.78, 5) is 6.01. The molecule has 2 aromatic heterocycles. The Morgan fingerprint density at radius 2 is 2.39 bits per heavy atom. The zero-order valence-corrected chi connectivity index (χ0v) is 12.6. The number of rotatable bonds is 2. The summed E-state index contributed by atoms with van der Waals surface area (Å²) in [6.07, 6.45) is 5.55. The molecule has 0 aromatic carbocycles. The summed E-state index contributed by atoms with van der Waals surface area (Å²) in [5, 5.41) is 5.79. The summed E-state index contributed by atoms with van der Waals surface area (Å²) in [6, 6.07) is 4.78. The Bertz CT molecular complexity index is 565. The molecular weight excluding hydrogens is 308 g/mol. The highest BCUT2D eigenvalue weighted by Crippen LogP contribution is 2.35. The van der Waals surface area contributed by atoms with Crippen molar-refractivity contribution in [2.24, 2.45) is 0 Å². The molecule has 2 aromatic rings. The number of nitrogens with one attached hydrogen (secondary N) is 1. The molecular formula is C14H15BrN2S. The summed E-state index contributed by atoms with van der Waals surface area (Å²) in [7, 11) is 0. The Labute approximate surface area is 120 Å². The molecule has 0 aliphatic heterocycles. The van der Waals surface area contributed by atoms with Gasteiger partial charge < -0.3 is 5.32 Å². The van der Waals surface area contributed by atoms with Crippen molar-refractivity contribution in [3.05, 3.63) is 44.2 Å². The molecule has 1 aliphatic carbocycles. The number of aryl methyl sites for hydroxylation is 2. The van der Waals surface area contributed by atoms with Gasteiger partial charge in [0.1, 0.15) is 5.82 Å². The molecule has 0 fully saturated rings. The van der Waals surface area contributed by atoms with Gasteiger partial charge in [-0.25, -0.2) is 4.98 Å². The van der Waals surface area contributed by atoms with Crippen LogP contribution in [0.5, 0.6) is 0 Å². The molecule has 0 radical (unpaired) electrons. The maximum Gasteiger partial charge on any atom is 0.129 e. The van der Waals surface area contributed by atoms with Crippen LogP contribution in [0.1, 0.15) is 34.9 Å². The van der Waals surface area contributed by atoms with Gasteiger partial charge in [0.15, 0.2) is 0 Å². The zero-order chi connectivity index (χ0) is 12.5. The summed E-state index contributed by atoms with van der Waals surface area (Å²) >= 11 is 5.33. The van der Waals surface area contributed by atoms with Gasteiger partial charge in [0.25, 0.3) is 0 Å². The maximum absolute atomic E-state index is 4.47. The molecule has 0 amide bonds. The van der Waals surface area contributed by atoms with Gasteiger partial charge in [0, 0.05) is 15.5 Å². The topological polar surface area (TPSA) is 24.9 Å². The predicted octanol–water partition coefficient (Wildman–Crippen LogP) is 4.70. The summed E-state index contributed by atoms with van der Waals surface area (Å²) in [6.45, 7) is 2.09. The molecule has 3 rings (SSSR count). The van der Waals surface area contributed by atoms with Gasteiger partial charge >= 0.3 is 0 Å². The lowest BCUT2D eigenvalue weighted by molar-refractivity contribution is 0.606. The Hall–Kier alpha value is -0.870. The predicted molar refractivity (Wildman–Crippen MR) is 80.3 cm³/mol. The number of thiophene rings is 1. The maximum atomic E-state index is 4.47. The van der Waals surface area contributed by atoms with Crippen molar-refractivity contribution in [2.75, 3.05) is 5.32 Å². The fraction of sp³-hybridized carbons (Fsp3) is 0.357. The van der Waals surface area contributed by atoms with Crippen LogP contribution in [0.4, 0.5) is 5.82 Å². The molecule has 1 N–H and O–H groups in total. The van der Waals surface area contributed by atoms with E-state index < -0.39 is 0 Å². The first-order valence-electron chi connectivity index (χ1n) is 6.19. The van der Waals surface area contributed by atoms with Gasteiger partial charge in [-0.3, -0.25) is 0 Å². The SMILES string of the molecule is Cc1cc(Br)cnc1NC1CCCc2sccc21. The summed E-state index contributed by atoms with van der Waals surface area (Å²) < 4.78 is 1.03. The highest BCUT2D eigenvalue weighted by atomic mass is 79.9. The van der Waals surface area contributed by atoms with Crippen LogP contribution >= 0.6 is 27.3 Å². The standard InChI is InChI=1S/C14H15BrN2S/c1-9-7-10(15)8-16-14(9)17-12-3-2-4-13-11(12)5-6-18-13/h5-8,12H,2-4H2,1H3,(H,16,17). The number of halogens is 1. The zero-order valence-electron chi connectivity index (χ0n) is 10.2. The monoisotopic (exact) mass is 322 g/mol. The van der Waals surface area contributed by atoms with E-state index >= 15 is 0 Å². The highest BCUT2D eigenvalue weighted by molar-refractivity contribution is 9.10. The van der Waals surface area contributed by atoms with E-state index in [1.54, 1.807) is 0 Å². The third-order valence-corrected chi connectivity index (χ3v) is 4.84. The number of aromatic nitrogens is 1. The second-order valence-electron chi connectivity index (χ2n) is 4.71. The smallest absolute Gasteiger partial charge is 0.129 e. The number of hydrogen-bond donors (Lipinski definition) is 1. The Balaban J connectivity index is 1.86. The molecule has 1 atom stereocenters. The van der Waals surface area contributed by atoms with Crippen LogP contribution in [0.2, 0.25) is 0 Å². The van der Waals surface area contributed by atoms with Crippen LogP contribution in [0.3, 0.4) is 0 Å². The normalized spacial score (nSPS) is 18.4. The van der Waals surface area contributed by atoms with E-state index in [9.17, 15) is 0 Å². The molecule has 1 unspecified atom stereocenters. The summed E-state index contributed by atoms with van der Waals surface area (Å²) in [5.41, 5.74) is 2.65. The minimum atomic E-state index is 0.423. The Morgan fingerprint density at radius 1 is 1.50 bits per heavy atom. The summed E-state index contributed by atoms with van der Waals surface area (Å²) in [5.74, 6) is 1.00. The second-order valence-corrected chi connectivity index (χ2v) is 6.62. The highest BCUT2D eigenvalue weighted by Gasteiger charge is 2.21. The first-order chi connectivity index (χ1) is 8.74. The molecule has 0 saturated carbocycles. The number of hydrogen-bond acceptors (Lipinski definition) is 3. The van der Waals surface area contributed by atoms with Gasteiger partial charge in [0.2, 0.25) is 0 Å². The third kappa shape index (κ3) is 2.31. The van der Waals surface area contributed by atoms with E-state index in [0.717, 1.165) is 10.3 Å². The lowest BCUT2D eigenvalue weighted by atomic mass is 9.94. The minimum Gasteiger partial charge on any atom is -0.363 e. The lowest BCUT2D eigenvalue weighted by Crippen LogP contribution is -2.16. The van der Waals surface area contributed by atoms with E-state index in [2.05, 4.69) is 50.7 Å². The molecule has 1 aliphatic rings. The number of nitrogens with zero attached hydrogens (tertiary/aromatic N) is 1. The first-order valence-corrected chi connectivity index (χ1v) is 7.86. The average Bonchev–Trinajstić information content (AvgIpc) is 2.82. The molecule has 94 valence electrons. The minimum absolute atomic E-state index is 0.423. The Kier molecular flexibility index (Phi) is 3.39. The largest absolute Gasteiger partial charge is 0.363 e. The van der Waals surface area contributed by atoms with Crippen molar-refractivity contribution in [3.63, 3.8) is 0 Å². The first kappa shape index (κ1) is 12.2. The molecule has 2 heterocycles. The van der Waals surface area contributed by atoms with Gasteiger partial charge in [-0.1, -0.05) is 0 Å². The van der Waals surface area contributed by atoms with Crippen molar-refractivity contribution in [1.29, 1.82) is 0 Å². The van der Waals surface area contributed by atoms with E-state index in [-0.39, 0.29) is 0 Å². The average molecular weight is 323 g/mol. The van der Waals surface area contributed by atoms with Gasteiger partial charge in [-0.05, 0) is 70.8 Å². The van der Waals surface area contributed by atoms with E-state index in [0.29, 0.717) is 6.04 Å². The van der Waals surface area contributed by atoms with Crippen molar-refractivity contribution >= 4 is 33.1 Å². The van der Waals surface area contributed by atoms with Crippen LogP contribution in [0, 0.1) is 6.92 Å². The quantitative estimate of drug-likeness (QED) is 0.866. The van der Waals surface area contributed by atoms with E-state index in [4.69, 9.17) is 0 Å². The molecule has 18 heavy (non-hydrogen) atoms. The van der Waals surface area contributed by atoms with Crippen LogP contribution in [0.15, 0.2) is 28.2 Å². The molecule has 4 heteroatoms. The van der Waals surface area contributed by atoms with Gasteiger partial charge in [-0.15, -0.1) is 11.3 Å². The molecule has 0 saturated heterocycles. The Morgan fingerprint density at radius 3 is 3.22 bits per heavy atom. The number of fused-ring (bicyclic) bond motifs is 1.